The molecule has 3 aromatic rings. The lowest BCUT2D eigenvalue weighted by molar-refractivity contribution is 0.213. The normalized spacial score (nSPS) is 19.0. The van der Waals surface area contributed by atoms with Crippen LogP contribution < -0.4 is 0 Å². The Bertz CT molecular complexity index is 704. The maximum atomic E-state index is 5.48. The average Bonchev–Trinajstić information content (AvgIpc) is 3.28. The zero-order valence-electron chi connectivity index (χ0n) is 12.3. The molecule has 1 aliphatic rings. The highest BCUT2D eigenvalue weighted by Crippen LogP contribution is 2.27. The Kier molecular flexibility index (Phi) is 3.78. The molecule has 1 fully saturated rings. The van der Waals surface area contributed by atoms with E-state index in [0.717, 1.165) is 36.0 Å². The van der Waals surface area contributed by atoms with Gasteiger partial charge in [-0.15, -0.1) is 11.3 Å². The number of rotatable bonds is 5. The first-order chi connectivity index (χ1) is 10.9. The predicted molar refractivity (Wildman–Crippen MR) is 85.5 cm³/mol. The van der Waals surface area contributed by atoms with E-state index in [4.69, 9.17) is 4.52 Å². The number of thiophene rings is 1. The van der Waals surface area contributed by atoms with Crippen LogP contribution in [0.25, 0.3) is 10.6 Å². The van der Waals surface area contributed by atoms with Crippen LogP contribution in [-0.2, 0) is 13.1 Å². The Labute approximate surface area is 133 Å². The molecule has 0 unspecified atom stereocenters. The van der Waals surface area contributed by atoms with E-state index in [1.807, 2.05) is 29.2 Å². The third-order valence-corrected chi connectivity index (χ3v) is 5.03. The van der Waals surface area contributed by atoms with E-state index >= 15 is 0 Å². The third-order valence-electron chi connectivity index (χ3n) is 4.14. The highest BCUT2D eigenvalue weighted by atomic mass is 32.1. The molecule has 114 valence electrons. The van der Waals surface area contributed by atoms with Gasteiger partial charge in [-0.25, -0.2) is 0 Å². The van der Waals surface area contributed by atoms with Crippen LogP contribution in [0.5, 0.6) is 0 Å². The largest absolute Gasteiger partial charge is 0.355 e. The van der Waals surface area contributed by atoms with Gasteiger partial charge in [-0.3, -0.25) is 9.58 Å². The summed E-state index contributed by atoms with van der Waals surface area (Å²) in [6, 6.07) is 8.66. The summed E-state index contributed by atoms with van der Waals surface area (Å²) >= 11 is 1.68. The smallest absolute Gasteiger partial charge is 0.177 e. The summed E-state index contributed by atoms with van der Waals surface area (Å²) < 4.78 is 7.49. The molecule has 0 saturated carbocycles. The Morgan fingerprint density at radius 2 is 2.36 bits per heavy atom. The standard InChI is InChI=1S/C16H18N4OS/c1-4-14(12-20-8-3-6-17-20)19(7-1)11-13-10-15(21-18-13)16-5-2-9-22-16/h2-3,5-6,8-10,14H,1,4,7,11-12H2/t14-/m1/s1. The molecule has 0 aliphatic carbocycles. The number of likely N-dealkylation sites (tertiary alicyclic amines) is 1. The molecule has 4 rings (SSSR count). The van der Waals surface area contributed by atoms with E-state index < -0.39 is 0 Å². The van der Waals surface area contributed by atoms with Crippen molar-refractivity contribution in [2.24, 2.45) is 0 Å². The van der Waals surface area contributed by atoms with Crippen molar-refractivity contribution >= 4 is 11.3 Å². The Morgan fingerprint density at radius 3 is 3.18 bits per heavy atom. The summed E-state index contributed by atoms with van der Waals surface area (Å²) in [5.74, 6) is 0.868. The van der Waals surface area contributed by atoms with E-state index in [0.29, 0.717) is 6.04 Å². The molecule has 1 aliphatic heterocycles. The molecule has 0 amide bonds. The molecule has 4 heterocycles. The van der Waals surface area contributed by atoms with Gasteiger partial charge in [-0.2, -0.15) is 5.10 Å². The monoisotopic (exact) mass is 314 g/mol. The molecule has 6 heteroatoms. The first-order valence-electron chi connectivity index (χ1n) is 7.59. The van der Waals surface area contributed by atoms with E-state index in [2.05, 4.69) is 32.7 Å². The van der Waals surface area contributed by atoms with Gasteiger partial charge < -0.3 is 4.52 Å². The van der Waals surface area contributed by atoms with Crippen LogP contribution in [0, 0.1) is 0 Å². The van der Waals surface area contributed by atoms with Crippen molar-refractivity contribution in [2.75, 3.05) is 6.54 Å². The maximum absolute atomic E-state index is 5.48. The summed E-state index contributed by atoms with van der Waals surface area (Å²) in [6.07, 6.45) is 6.32. The molecule has 0 aromatic carbocycles. The fraction of sp³-hybridized carbons (Fsp3) is 0.375. The molecular formula is C16H18N4OS. The van der Waals surface area contributed by atoms with Crippen LogP contribution in [-0.4, -0.2) is 32.4 Å². The summed E-state index contributed by atoms with van der Waals surface area (Å²) in [5, 5.41) is 10.6. The molecule has 0 N–H and O–H groups in total. The maximum Gasteiger partial charge on any atom is 0.177 e. The van der Waals surface area contributed by atoms with Gasteiger partial charge in [0.1, 0.15) is 0 Å². The van der Waals surface area contributed by atoms with Gasteiger partial charge in [0.2, 0.25) is 0 Å². The van der Waals surface area contributed by atoms with Gasteiger partial charge in [0.25, 0.3) is 0 Å². The zero-order valence-corrected chi connectivity index (χ0v) is 13.1. The molecule has 3 aromatic heterocycles. The van der Waals surface area contributed by atoms with Gasteiger partial charge >= 0.3 is 0 Å². The minimum absolute atomic E-state index is 0.529. The van der Waals surface area contributed by atoms with Crippen molar-refractivity contribution in [3.05, 3.63) is 47.7 Å². The van der Waals surface area contributed by atoms with Crippen molar-refractivity contribution < 1.29 is 4.52 Å². The van der Waals surface area contributed by atoms with Gasteiger partial charge in [-0.1, -0.05) is 11.2 Å². The second-order valence-electron chi connectivity index (χ2n) is 5.65. The SMILES string of the molecule is c1csc(-c2cc(CN3CCC[C@@H]3Cn3cccn3)no2)c1. The van der Waals surface area contributed by atoms with E-state index in [1.54, 1.807) is 11.3 Å². The number of aromatic nitrogens is 3. The van der Waals surface area contributed by atoms with Crippen LogP contribution in [0.15, 0.2) is 46.6 Å². The van der Waals surface area contributed by atoms with E-state index in [-0.39, 0.29) is 0 Å². The van der Waals surface area contributed by atoms with Crippen LogP contribution in [0.1, 0.15) is 18.5 Å². The Morgan fingerprint density at radius 1 is 1.36 bits per heavy atom. The van der Waals surface area contributed by atoms with Crippen LogP contribution >= 0.6 is 11.3 Å². The lowest BCUT2D eigenvalue weighted by Crippen LogP contribution is -2.32. The first kappa shape index (κ1) is 13.7. The van der Waals surface area contributed by atoms with Crippen molar-refractivity contribution in [3.8, 4) is 10.6 Å². The predicted octanol–water partition coefficient (Wildman–Crippen LogP) is 3.26. The highest BCUT2D eigenvalue weighted by molar-refractivity contribution is 7.13. The lowest BCUT2D eigenvalue weighted by atomic mass is 10.2. The highest BCUT2D eigenvalue weighted by Gasteiger charge is 2.26. The fourth-order valence-electron chi connectivity index (χ4n) is 3.06. The van der Waals surface area contributed by atoms with Crippen LogP contribution in [0.4, 0.5) is 0 Å². The molecule has 22 heavy (non-hydrogen) atoms. The number of hydrogen-bond donors (Lipinski definition) is 0. The summed E-state index contributed by atoms with van der Waals surface area (Å²) in [6.45, 7) is 2.91. The lowest BCUT2D eigenvalue weighted by Gasteiger charge is -2.23. The Balaban J connectivity index is 1.44. The second-order valence-corrected chi connectivity index (χ2v) is 6.60. The van der Waals surface area contributed by atoms with Gasteiger partial charge in [0, 0.05) is 31.0 Å². The van der Waals surface area contributed by atoms with Gasteiger partial charge in [0.15, 0.2) is 5.76 Å². The van der Waals surface area contributed by atoms with Gasteiger partial charge in [-0.05, 0) is 36.9 Å². The molecule has 0 spiro atoms. The summed E-state index contributed by atoms with van der Waals surface area (Å²) in [5.41, 5.74) is 1.01. The molecule has 1 atom stereocenters. The zero-order chi connectivity index (χ0) is 14.8. The van der Waals surface area contributed by atoms with Crippen LogP contribution in [0.3, 0.4) is 0 Å². The summed E-state index contributed by atoms with van der Waals surface area (Å²) in [4.78, 5) is 3.62. The van der Waals surface area contributed by atoms with E-state index in [1.165, 1.54) is 12.8 Å². The van der Waals surface area contributed by atoms with Crippen molar-refractivity contribution in [2.45, 2.75) is 32.0 Å². The van der Waals surface area contributed by atoms with Crippen molar-refractivity contribution in [1.29, 1.82) is 0 Å². The van der Waals surface area contributed by atoms with Gasteiger partial charge in [0.05, 0.1) is 17.1 Å². The molecule has 0 bridgehead atoms. The molecular weight excluding hydrogens is 296 g/mol. The number of hydrogen-bond acceptors (Lipinski definition) is 5. The summed E-state index contributed by atoms with van der Waals surface area (Å²) in [7, 11) is 0. The molecule has 5 nitrogen and oxygen atoms in total. The third kappa shape index (κ3) is 2.84. The molecule has 1 saturated heterocycles. The first-order valence-corrected chi connectivity index (χ1v) is 8.47. The van der Waals surface area contributed by atoms with E-state index in [9.17, 15) is 0 Å². The second kappa shape index (κ2) is 6.06. The Hall–Kier alpha value is -1.92. The minimum atomic E-state index is 0.529. The minimum Gasteiger partial charge on any atom is -0.355 e. The van der Waals surface area contributed by atoms with Crippen LogP contribution in [0.2, 0.25) is 0 Å². The van der Waals surface area contributed by atoms with Crippen molar-refractivity contribution in [3.63, 3.8) is 0 Å². The number of nitrogens with zero attached hydrogens (tertiary/aromatic N) is 4. The topological polar surface area (TPSA) is 47.1 Å². The molecule has 0 radical (unpaired) electrons. The average molecular weight is 314 g/mol. The fourth-order valence-corrected chi connectivity index (χ4v) is 3.74. The quantitative estimate of drug-likeness (QED) is 0.725. The van der Waals surface area contributed by atoms with Crippen molar-refractivity contribution in [1.82, 2.24) is 19.8 Å².